The number of rotatable bonds is 5. The topological polar surface area (TPSA) is 85.6 Å². The van der Waals surface area contributed by atoms with Crippen LogP contribution >= 0.6 is 0 Å². The summed E-state index contributed by atoms with van der Waals surface area (Å²) in [5, 5.41) is 8.99. The molecule has 6 nitrogen and oxygen atoms in total. The summed E-state index contributed by atoms with van der Waals surface area (Å²) in [6, 6.07) is 11.1. The van der Waals surface area contributed by atoms with Crippen molar-refractivity contribution in [2.45, 2.75) is 0 Å². The van der Waals surface area contributed by atoms with Crippen LogP contribution in [0.5, 0.6) is 11.5 Å². The van der Waals surface area contributed by atoms with Gasteiger partial charge in [-0.2, -0.15) is 5.26 Å². The number of hydrogen-bond donors (Lipinski definition) is 0. The minimum Gasteiger partial charge on any atom is -0.493 e. The number of carbonyl (C=O) groups is 2. The average Bonchev–Trinajstić information content (AvgIpc) is 2.66. The second-order valence-electron chi connectivity index (χ2n) is 4.97. The average molecular weight is 355 g/mol. The van der Waals surface area contributed by atoms with Gasteiger partial charge >= 0.3 is 11.9 Å². The Morgan fingerprint density at radius 2 is 1.77 bits per heavy atom. The molecule has 0 N–H and O–H groups in total. The van der Waals surface area contributed by atoms with E-state index in [-0.39, 0.29) is 22.6 Å². The van der Waals surface area contributed by atoms with Crippen LogP contribution in [0.2, 0.25) is 0 Å². The molecular weight excluding hydrogens is 341 g/mol. The number of halogens is 1. The zero-order valence-electron chi connectivity index (χ0n) is 14.0. The Bertz CT molecular complexity index is 897. The zero-order valence-corrected chi connectivity index (χ0v) is 14.0. The first-order chi connectivity index (χ1) is 12.5. The second kappa shape index (κ2) is 8.44. The van der Waals surface area contributed by atoms with Gasteiger partial charge in [0.05, 0.1) is 19.8 Å². The van der Waals surface area contributed by atoms with Crippen molar-refractivity contribution in [3.05, 3.63) is 65.0 Å². The minimum absolute atomic E-state index is 0.135. The maximum atomic E-state index is 12.9. The van der Waals surface area contributed by atoms with E-state index in [1.807, 2.05) is 0 Å². The van der Waals surface area contributed by atoms with Gasteiger partial charge in [-0.15, -0.1) is 0 Å². The molecule has 26 heavy (non-hydrogen) atoms. The van der Waals surface area contributed by atoms with Gasteiger partial charge in [0, 0.05) is 0 Å². The van der Waals surface area contributed by atoms with E-state index in [1.54, 1.807) is 6.07 Å². The van der Waals surface area contributed by atoms with Crippen LogP contribution in [0, 0.1) is 17.1 Å². The van der Waals surface area contributed by atoms with Gasteiger partial charge in [-0.3, -0.25) is 0 Å². The maximum absolute atomic E-state index is 12.9. The largest absolute Gasteiger partial charge is 0.493 e. The maximum Gasteiger partial charge on any atom is 0.348 e. The van der Waals surface area contributed by atoms with Crippen LogP contribution < -0.4 is 9.47 Å². The number of carbonyl (C=O) groups excluding carboxylic acids is 2. The van der Waals surface area contributed by atoms with Crippen LogP contribution in [-0.4, -0.2) is 26.2 Å². The van der Waals surface area contributed by atoms with Gasteiger partial charge in [0.1, 0.15) is 17.5 Å². The molecule has 0 saturated heterocycles. The van der Waals surface area contributed by atoms with Crippen molar-refractivity contribution < 1.29 is 28.2 Å². The smallest absolute Gasteiger partial charge is 0.348 e. The Morgan fingerprint density at radius 1 is 1.08 bits per heavy atom. The van der Waals surface area contributed by atoms with Gasteiger partial charge in [0.25, 0.3) is 0 Å². The van der Waals surface area contributed by atoms with Crippen molar-refractivity contribution >= 4 is 18.0 Å². The zero-order chi connectivity index (χ0) is 19.1. The third-order valence-electron chi connectivity index (χ3n) is 3.31. The molecule has 0 aliphatic carbocycles. The first kappa shape index (κ1) is 18.7. The van der Waals surface area contributed by atoms with Crippen molar-refractivity contribution in [1.82, 2.24) is 0 Å². The SMILES string of the molecule is COC(=O)/C(C#N)=C/c1ccc(OC(=O)c2ccc(F)cc2)c(OC)c1. The van der Waals surface area contributed by atoms with E-state index in [0.717, 1.165) is 12.1 Å². The van der Waals surface area contributed by atoms with Crippen molar-refractivity contribution in [2.75, 3.05) is 14.2 Å². The molecular formula is C19H14FNO5. The van der Waals surface area contributed by atoms with E-state index < -0.39 is 17.8 Å². The molecule has 0 unspecified atom stereocenters. The second-order valence-corrected chi connectivity index (χ2v) is 4.97. The minimum atomic E-state index is -0.765. The quantitative estimate of drug-likeness (QED) is 0.354. The highest BCUT2D eigenvalue weighted by atomic mass is 19.1. The summed E-state index contributed by atoms with van der Waals surface area (Å²) in [7, 11) is 2.55. The Hall–Kier alpha value is -3.66. The van der Waals surface area contributed by atoms with E-state index in [4.69, 9.17) is 14.7 Å². The number of benzene rings is 2. The summed E-state index contributed by atoms with van der Waals surface area (Å²) in [5.74, 6) is -1.56. The van der Waals surface area contributed by atoms with Crippen molar-refractivity contribution in [3.63, 3.8) is 0 Å². The summed E-state index contributed by atoms with van der Waals surface area (Å²) in [5.41, 5.74) is 0.464. The number of hydrogen-bond acceptors (Lipinski definition) is 6. The monoisotopic (exact) mass is 355 g/mol. The first-order valence-corrected chi connectivity index (χ1v) is 7.34. The molecule has 0 heterocycles. The molecule has 0 atom stereocenters. The highest BCUT2D eigenvalue weighted by Crippen LogP contribution is 2.29. The van der Waals surface area contributed by atoms with Crippen LogP contribution in [0.1, 0.15) is 15.9 Å². The Labute approximate surface area is 149 Å². The number of methoxy groups -OCH3 is 2. The lowest BCUT2D eigenvalue weighted by Crippen LogP contribution is -2.09. The van der Waals surface area contributed by atoms with Crippen LogP contribution in [0.3, 0.4) is 0 Å². The number of nitriles is 1. The normalized spacial score (nSPS) is 10.6. The molecule has 0 aliphatic heterocycles. The molecule has 7 heteroatoms. The Kier molecular flexibility index (Phi) is 6.06. The molecule has 132 valence electrons. The lowest BCUT2D eigenvalue weighted by atomic mass is 10.1. The third kappa shape index (κ3) is 4.45. The Morgan fingerprint density at radius 3 is 2.35 bits per heavy atom. The van der Waals surface area contributed by atoms with Crippen LogP contribution in [-0.2, 0) is 9.53 Å². The summed E-state index contributed by atoms with van der Waals surface area (Å²) in [4.78, 5) is 23.6. The van der Waals surface area contributed by atoms with Crippen molar-refractivity contribution in [3.8, 4) is 17.6 Å². The third-order valence-corrected chi connectivity index (χ3v) is 3.31. The molecule has 0 fully saturated rings. The number of esters is 2. The van der Waals surface area contributed by atoms with E-state index in [0.29, 0.717) is 5.56 Å². The standard InChI is InChI=1S/C19H14FNO5/c1-24-17-10-12(9-14(11-21)18(22)25-2)3-8-16(17)26-19(23)13-4-6-15(20)7-5-13/h3-10H,1-2H3/b14-9+. The molecule has 0 bridgehead atoms. The summed E-state index contributed by atoms with van der Waals surface area (Å²) in [6.45, 7) is 0. The van der Waals surface area contributed by atoms with Gasteiger partial charge in [-0.25, -0.2) is 14.0 Å². The van der Waals surface area contributed by atoms with E-state index >= 15 is 0 Å². The fourth-order valence-electron chi connectivity index (χ4n) is 2.02. The van der Waals surface area contributed by atoms with Crippen LogP contribution in [0.4, 0.5) is 4.39 Å². The fraction of sp³-hybridized carbons (Fsp3) is 0.105. The van der Waals surface area contributed by atoms with Gasteiger partial charge < -0.3 is 14.2 Å². The van der Waals surface area contributed by atoms with Gasteiger partial charge in [-0.1, -0.05) is 6.07 Å². The molecule has 0 saturated carbocycles. The first-order valence-electron chi connectivity index (χ1n) is 7.34. The molecule has 0 aromatic heterocycles. The van der Waals surface area contributed by atoms with Crippen molar-refractivity contribution in [1.29, 1.82) is 5.26 Å². The Balaban J connectivity index is 2.27. The summed E-state index contributed by atoms with van der Waals surface area (Å²) >= 11 is 0. The summed E-state index contributed by atoms with van der Waals surface area (Å²) in [6.07, 6.45) is 1.32. The predicted molar refractivity (Wildman–Crippen MR) is 90.0 cm³/mol. The highest BCUT2D eigenvalue weighted by Gasteiger charge is 2.14. The lowest BCUT2D eigenvalue weighted by molar-refractivity contribution is -0.135. The fourth-order valence-corrected chi connectivity index (χ4v) is 2.02. The number of nitrogens with zero attached hydrogens (tertiary/aromatic N) is 1. The highest BCUT2D eigenvalue weighted by molar-refractivity contribution is 5.98. The van der Waals surface area contributed by atoms with Gasteiger partial charge in [-0.05, 0) is 48.0 Å². The molecule has 0 amide bonds. The van der Waals surface area contributed by atoms with Crippen LogP contribution in [0.15, 0.2) is 48.0 Å². The van der Waals surface area contributed by atoms with Crippen molar-refractivity contribution in [2.24, 2.45) is 0 Å². The summed E-state index contributed by atoms with van der Waals surface area (Å²) < 4.78 is 27.9. The van der Waals surface area contributed by atoms with Gasteiger partial charge in [0.2, 0.25) is 0 Å². The molecule has 2 aromatic carbocycles. The molecule has 0 aliphatic rings. The van der Waals surface area contributed by atoms with E-state index in [2.05, 4.69) is 4.74 Å². The van der Waals surface area contributed by atoms with E-state index in [1.165, 1.54) is 50.6 Å². The lowest BCUT2D eigenvalue weighted by Gasteiger charge is -2.10. The molecule has 0 radical (unpaired) electrons. The number of ether oxygens (including phenoxy) is 3. The molecule has 0 spiro atoms. The molecule has 2 aromatic rings. The van der Waals surface area contributed by atoms with Crippen LogP contribution in [0.25, 0.3) is 6.08 Å². The van der Waals surface area contributed by atoms with Gasteiger partial charge in [0.15, 0.2) is 11.5 Å². The molecule has 2 rings (SSSR count). The predicted octanol–water partition coefficient (Wildman–Crippen LogP) is 3.13. The van der Waals surface area contributed by atoms with E-state index in [9.17, 15) is 14.0 Å².